The molecule has 0 spiro atoms. The largest absolute Gasteiger partial charge is 0.327 e. The zero-order valence-corrected chi connectivity index (χ0v) is 13.1. The maximum Gasteiger partial charge on any atom is 0.127 e. The summed E-state index contributed by atoms with van der Waals surface area (Å²) in [5.41, 5.74) is 1.94. The molecule has 0 bridgehead atoms. The van der Waals surface area contributed by atoms with Gasteiger partial charge in [0, 0.05) is 24.3 Å². The second-order valence-corrected chi connectivity index (χ2v) is 5.98. The zero-order valence-electron chi connectivity index (χ0n) is 11.6. The number of aryl methyl sites for hydroxylation is 2. The molecule has 21 heavy (non-hydrogen) atoms. The van der Waals surface area contributed by atoms with Crippen LogP contribution in [0.1, 0.15) is 24.5 Å². The van der Waals surface area contributed by atoms with Gasteiger partial charge < -0.3 is 4.57 Å². The van der Waals surface area contributed by atoms with Gasteiger partial charge in [-0.25, -0.2) is 4.98 Å². The summed E-state index contributed by atoms with van der Waals surface area (Å²) < 4.78 is 3.97. The summed E-state index contributed by atoms with van der Waals surface area (Å²) in [7, 11) is 0. The molecule has 1 unspecified atom stereocenters. The van der Waals surface area contributed by atoms with Crippen molar-refractivity contribution in [3.05, 3.63) is 41.4 Å². The van der Waals surface area contributed by atoms with E-state index < -0.39 is 0 Å². The summed E-state index contributed by atoms with van der Waals surface area (Å²) in [6, 6.07) is 5.73. The predicted octanol–water partition coefficient (Wildman–Crippen LogP) is 3.67. The van der Waals surface area contributed by atoms with Crippen molar-refractivity contribution in [1.82, 2.24) is 24.5 Å². The normalized spacial score (nSPS) is 12.9. The third-order valence-corrected chi connectivity index (χ3v) is 3.77. The van der Waals surface area contributed by atoms with E-state index in [0.717, 1.165) is 36.4 Å². The van der Waals surface area contributed by atoms with Crippen molar-refractivity contribution >= 4 is 34.2 Å². The highest BCUT2D eigenvalue weighted by molar-refractivity contribution is 6.31. The Bertz CT molecular complexity index is 733. The lowest BCUT2D eigenvalue weighted by atomic mass is 10.3. The number of benzene rings is 1. The van der Waals surface area contributed by atoms with Gasteiger partial charge in [0.1, 0.15) is 5.82 Å². The van der Waals surface area contributed by atoms with E-state index in [0.29, 0.717) is 5.02 Å². The van der Waals surface area contributed by atoms with Crippen molar-refractivity contribution in [3.8, 4) is 0 Å². The van der Waals surface area contributed by atoms with E-state index in [-0.39, 0.29) is 5.38 Å². The van der Waals surface area contributed by atoms with Gasteiger partial charge in [-0.3, -0.25) is 4.68 Å². The van der Waals surface area contributed by atoms with Crippen LogP contribution in [-0.4, -0.2) is 24.5 Å². The summed E-state index contributed by atoms with van der Waals surface area (Å²) in [4.78, 5) is 4.60. The van der Waals surface area contributed by atoms with Crippen LogP contribution in [0.15, 0.2) is 30.6 Å². The van der Waals surface area contributed by atoms with E-state index >= 15 is 0 Å². The third-order valence-electron chi connectivity index (χ3n) is 3.34. The molecule has 1 aromatic carbocycles. The van der Waals surface area contributed by atoms with E-state index in [1.807, 2.05) is 36.0 Å². The number of aromatic nitrogens is 5. The Morgan fingerprint density at radius 3 is 2.86 bits per heavy atom. The lowest BCUT2D eigenvalue weighted by molar-refractivity contribution is 0.511. The molecule has 0 aliphatic heterocycles. The third kappa shape index (κ3) is 3.04. The SMILES string of the molecule is CC(Cl)c1nc2cc(Cl)ccc2n1CCCn1ccnn1. The van der Waals surface area contributed by atoms with Gasteiger partial charge in [0.25, 0.3) is 0 Å². The minimum atomic E-state index is -0.150. The van der Waals surface area contributed by atoms with Crippen LogP contribution in [0.3, 0.4) is 0 Å². The maximum atomic E-state index is 6.25. The molecule has 3 aromatic rings. The van der Waals surface area contributed by atoms with E-state index in [9.17, 15) is 0 Å². The van der Waals surface area contributed by atoms with Crippen LogP contribution < -0.4 is 0 Å². The molecular formula is C14H15Cl2N5. The van der Waals surface area contributed by atoms with Gasteiger partial charge in [0.15, 0.2) is 0 Å². The molecule has 2 aromatic heterocycles. The van der Waals surface area contributed by atoms with E-state index in [2.05, 4.69) is 19.9 Å². The number of nitrogens with zero attached hydrogens (tertiary/aromatic N) is 5. The van der Waals surface area contributed by atoms with Crippen LogP contribution in [0, 0.1) is 0 Å². The second-order valence-electron chi connectivity index (χ2n) is 4.89. The first-order valence-electron chi connectivity index (χ1n) is 6.79. The van der Waals surface area contributed by atoms with Crippen LogP contribution in [0.5, 0.6) is 0 Å². The van der Waals surface area contributed by atoms with E-state index in [1.165, 1.54) is 0 Å². The Kier molecular flexibility index (Phi) is 4.12. The number of rotatable bonds is 5. The van der Waals surface area contributed by atoms with Crippen LogP contribution in [0.2, 0.25) is 5.02 Å². The van der Waals surface area contributed by atoms with Crippen molar-refractivity contribution in [2.45, 2.75) is 31.8 Å². The highest BCUT2D eigenvalue weighted by Gasteiger charge is 2.14. The predicted molar refractivity (Wildman–Crippen MR) is 83.7 cm³/mol. The van der Waals surface area contributed by atoms with Crippen molar-refractivity contribution in [2.24, 2.45) is 0 Å². The van der Waals surface area contributed by atoms with Gasteiger partial charge in [-0.15, -0.1) is 16.7 Å². The summed E-state index contributed by atoms with van der Waals surface area (Å²) >= 11 is 12.3. The molecule has 5 nitrogen and oxygen atoms in total. The van der Waals surface area contributed by atoms with Gasteiger partial charge in [0.2, 0.25) is 0 Å². The number of hydrogen-bond donors (Lipinski definition) is 0. The monoisotopic (exact) mass is 323 g/mol. The summed E-state index contributed by atoms with van der Waals surface area (Å²) in [6.45, 7) is 3.56. The summed E-state index contributed by atoms with van der Waals surface area (Å²) in [6.07, 6.45) is 4.46. The summed E-state index contributed by atoms with van der Waals surface area (Å²) in [5.74, 6) is 0.868. The fraction of sp³-hybridized carbons (Fsp3) is 0.357. The van der Waals surface area contributed by atoms with Crippen molar-refractivity contribution in [2.75, 3.05) is 0 Å². The number of hydrogen-bond acceptors (Lipinski definition) is 3. The quantitative estimate of drug-likeness (QED) is 0.673. The van der Waals surface area contributed by atoms with Gasteiger partial charge in [-0.2, -0.15) is 0 Å². The van der Waals surface area contributed by atoms with Crippen molar-refractivity contribution in [3.63, 3.8) is 0 Å². The number of fused-ring (bicyclic) bond motifs is 1. The van der Waals surface area contributed by atoms with Crippen molar-refractivity contribution < 1.29 is 0 Å². The van der Waals surface area contributed by atoms with Gasteiger partial charge >= 0.3 is 0 Å². The molecule has 0 saturated heterocycles. The van der Waals surface area contributed by atoms with Crippen LogP contribution in [0.4, 0.5) is 0 Å². The molecule has 0 saturated carbocycles. The molecule has 2 heterocycles. The molecule has 0 fully saturated rings. The first kappa shape index (κ1) is 14.4. The molecule has 110 valence electrons. The van der Waals surface area contributed by atoms with Gasteiger partial charge in [-0.1, -0.05) is 16.8 Å². The zero-order chi connectivity index (χ0) is 14.8. The molecule has 0 aliphatic carbocycles. The molecule has 0 N–H and O–H groups in total. The summed E-state index contributed by atoms with van der Waals surface area (Å²) in [5, 5.41) is 8.30. The Hall–Kier alpha value is -1.59. The number of halogens is 2. The first-order chi connectivity index (χ1) is 10.1. The molecule has 0 aliphatic rings. The molecule has 0 radical (unpaired) electrons. The minimum Gasteiger partial charge on any atom is -0.327 e. The number of imidazole rings is 1. The molecule has 3 rings (SSSR count). The average Bonchev–Trinajstić information content (AvgIpc) is 3.06. The first-order valence-corrected chi connectivity index (χ1v) is 7.60. The van der Waals surface area contributed by atoms with Gasteiger partial charge in [-0.05, 0) is 31.5 Å². The van der Waals surface area contributed by atoms with Crippen LogP contribution in [-0.2, 0) is 13.1 Å². The standard InChI is InChI=1S/C14H15Cl2N5/c1-10(15)14-18-12-9-11(16)3-4-13(12)21(14)7-2-6-20-8-5-17-19-20/h3-5,8-10H,2,6-7H2,1H3. The minimum absolute atomic E-state index is 0.150. The number of alkyl halides is 1. The Morgan fingerprint density at radius 2 is 2.14 bits per heavy atom. The van der Waals surface area contributed by atoms with Crippen LogP contribution >= 0.6 is 23.2 Å². The molecule has 0 amide bonds. The lowest BCUT2D eigenvalue weighted by Gasteiger charge is -2.10. The maximum absolute atomic E-state index is 6.25. The van der Waals surface area contributed by atoms with Crippen LogP contribution in [0.25, 0.3) is 11.0 Å². The van der Waals surface area contributed by atoms with Gasteiger partial charge in [0.05, 0.1) is 22.6 Å². The van der Waals surface area contributed by atoms with E-state index in [4.69, 9.17) is 23.2 Å². The average molecular weight is 324 g/mol. The Labute approximate surface area is 132 Å². The fourth-order valence-corrected chi connectivity index (χ4v) is 2.74. The second kappa shape index (κ2) is 6.03. The highest BCUT2D eigenvalue weighted by Crippen LogP contribution is 2.26. The Balaban J connectivity index is 1.86. The lowest BCUT2D eigenvalue weighted by Crippen LogP contribution is -2.08. The van der Waals surface area contributed by atoms with E-state index in [1.54, 1.807) is 6.20 Å². The molecule has 7 heteroatoms. The molecule has 1 atom stereocenters. The smallest absolute Gasteiger partial charge is 0.127 e. The Morgan fingerprint density at radius 1 is 1.29 bits per heavy atom. The fourth-order valence-electron chi connectivity index (χ4n) is 2.40. The highest BCUT2D eigenvalue weighted by atomic mass is 35.5. The topological polar surface area (TPSA) is 48.5 Å². The van der Waals surface area contributed by atoms with Crippen molar-refractivity contribution in [1.29, 1.82) is 0 Å². The molecular weight excluding hydrogens is 309 g/mol.